The van der Waals surface area contributed by atoms with Crippen molar-refractivity contribution in [1.82, 2.24) is 5.27 Å². The minimum atomic E-state index is 0. The van der Waals surface area contributed by atoms with Crippen molar-refractivity contribution in [2.45, 2.75) is 0 Å². The third-order valence-corrected chi connectivity index (χ3v) is 0.309. The molecule has 3 nitrogen and oxygen atoms in total. The number of nitrogens with zero attached hydrogens (tertiary/aromatic N) is 1. The molecule has 0 saturated carbocycles. The lowest BCUT2D eigenvalue weighted by atomic mass is 11.0. The Labute approximate surface area is 40.7 Å². The molecule has 1 rings (SSSR count). The van der Waals surface area contributed by atoms with Gasteiger partial charge in [-0.05, 0) is 0 Å². The largest absolute Gasteiger partial charge is 1.00 e. The molecular weight excluding hydrogens is 103 g/mol. The first kappa shape index (κ1) is 5.43. The summed E-state index contributed by atoms with van der Waals surface area (Å²) >= 11 is 0. The number of rotatable bonds is 0. The topological polar surface area (TPSA) is 40.2 Å². The average Bonchev–Trinajstić information content (AvgIpc) is 1.76. The van der Waals surface area contributed by atoms with Crippen LogP contribution in [-0.4, -0.2) is 5.27 Å². The fraction of sp³-hybridized carbons (Fsp3) is 0. The number of nitrogens with one attached hydrogen (secondary N) is 1. The van der Waals surface area contributed by atoms with Crippen molar-refractivity contribution in [3.8, 4) is 0 Å². The Hall–Kier alpha value is -0.570. The van der Waals surface area contributed by atoms with Crippen LogP contribution in [-0.2, 0) is 0 Å². The molecule has 1 aromatic heterocycles. The van der Waals surface area contributed by atoms with Gasteiger partial charge in [0.15, 0.2) is 11.5 Å². The first-order chi connectivity index (χ1) is 2.50. The maximum Gasteiger partial charge on any atom is 0.234 e. The molecule has 0 unspecified atom stereocenters. The highest BCUT2D eigenvalue weighted by Gasteiger charge is 1.70. The van der Waals surface area contributed by atoms with Gasteiger partial charge in [-0.2, -0.15) is 0 Å². The Morgan fingerprint density at radius 2 is 2.50 bits per heavy atom. The Morgan fingerprint density at radius 3 is 2.67 bits per heavy atom. The lowest BCUT2D eigenvalue weighted by Crippen LogP contribution is -3.00. The van der Waals surface area contributed by atoms with E-state index in [1.54, 1.807) is 6.20 Å². The summed E-state index contributed by atoms with van der Waals surface area (Å²) in [5.41, 5.74) is 0. The smallest absolute Gasteiger partial charge is 0.234 e. The second-order valence-electron chi connectivity index (χ2n) is 0.629. The summed E-state index contributed by atoms with van der Waals surface area (Å²) in [6.45, 7) is 0. The number of H-pyrrole nitrogens is 1. The van der Waals surface area contributed by atoms with Crippen LogP contribution in [0.25, 0.3) is 0 Å². The molecule has 0 bridgehead atoms. The lowest BCUT2D eigenvalue weighted by Gasteiger charge is -1.37. The van der Waals surface area contributed by atoms with Gasteiger partial charge in [-0.25, -0.2) is 0 Å². The number of hydrogen-bond acceptors (Lipinski definition) is 2. The minimum Gasteiger partial charge on any atom is -1.00 e. The summed E-state index contributed by atoms with van der Waals surface area (Å²) in [5, 5.41) is 5.67. The molecule has 4 heteroatoms. The maximum absolute atomic E-state index is 4.28. The van der Waals surface area contributed by atoms with Gasteiger partial charge in [0, 0.05) is 0 Å². The Balaban J connectivity index is 0.000000250. The van der Waals surface area contributed by atoms with Gasteiger partial charge in [0.25, 0.3) is 0 Å². The van der Waals surface area contributed by atoms with E-state index in [4.69, 9.17) is 0 Å². The van der Waals surface area contributed by atoms with Crippen molar-refractivity contribution < 1.29 is 22.0 Å². The Bertz CT molecular complexity index is 68.0. The number of halogens is 1. The van der Waals surface area contributed by atoms with Gasteiger partial charge in [-0.15, -0.1) is 0 Å². The van der Waals surface area contributed by atoms with Gasteiger partial charge in [0.05, 0.1) is 0 Å². The van der Waals surface area contributed by atoms with E-state index < -0.39 is 0 Å². The normalized spacial score (nSPS) is 6.67. The number of aromatic nitrogens is 2. The fourth-order valence-electron chi connectivity index (χ4n) is 0.152. The quantitative estimate of drug-likeness (QED) is 0.344. The summed E-state index contributed by atoms with van der Waals surface area (Å²) in [6, 6.07) is 0. The van der Waals surface area contributed by atoms with Gasteiger partial charge in [-0.3, -0.25) is 0 Å². The molecule has 6 heavy (non-hydrogen) atoms. The van der Waals surface area contributed by atoms with Gasteiger partial charge in [0.1, 0.15) is 0 Å². The van der Waals surface area contributed by atoms with Gasteiger partial charge < -0.3 is 16.9 Å². The molecule has 0 atom stereocenters. The van der Waals surface area contributed by atoms with Gasteiger partial charge in [0.2, 0.25) is 6.20 Å². The van der Waals surface area contributed by atoms with Crippen LogP contribution >= 0.6 is 0 Å². The molecule has 0 amide bonds. The van der Waals surface area contributed by atoms with Crippen LogP contribution in [0.1, 0.15) is 0 Å². The van der Waals surface area contributed by atoms with Crippen LogP contribution in [0.4, 0.5) is 0 Å². The average molecular weight is 107 g/mol. The van der Waals surface area contributed by atoms with Crippen molar-refractivity contribution in [2.24, 2.45) is 0 Å². The molecule has 1 N–H and O–H groups in total. The van der Waals surface area contributed by atoms with Crippen LogP contribution in [0.2, 0.25) is 0 Å². The molecule has 0 radical (unpaired) electrons. The molecule has 0 fully saturated rings. The van der Waals surface area contributed by atoms with E-state index in [0.29, 0.717) is 0 Å². The highest BCUT2D eigenvalue weighted by atomic mass is 35.5. The predicted octanol–water partition coefficient (Wildman–Crippen LogP) is -3.51. The summed E-state index contributed by atoms with van der Waals surface area (Å²) in [4.78, 5) is 0. The third-order valence-electron chi connectivity index (χ3n) is 0.309. The summed E-state index contributed by atoms with van der Waals surface area (Å²) in [5.74, 6) is 0. The number of aromatic amines is 1. The van der Waals surface area contributed by atoms with Crippen molar-refractivity contribution in [3.63, 3.8) is 0 Å². The molecular formula is C2H3ClN2O. The molecule has 1 aromatic rings. The molecule has 0 aromatic carbocycles. The zero-order chi connectivity index (χ0) is 3.54. The third kappa shape index (κ3) is 1.03. The highest BCUT2D eigenvalue weighted by Crippen LogP contribution is 1.57. The second-order valence-corrected chi connectivity index (χ2v) is 0.629. The summed E-state index contributed by atoms with van der Waals surface area (Å²) in [7, 11) is 0. The minimum absolute atomic E-state index is 0. The van der Waals surface area contributed by atoms with Crippen LogP contribution in [0.3, 0.4) is 0 Å². The Kier molecular flexibility index (Phi) is 2.40. The van der Waals surface area contributed by atoms with Crippen LogP contribution < -0.4 is 17.5 Å². The summed E-state index contributed by atoms with van der Waals surface area (Å²) in [6.07, 6.45) is 3.06. The van der Waals surface area contributed by atoms with E-state index in [9.17, 15) is 0 Å². The Morgan fingerprint density at radius 1 is 1.67 bits per heavy atom. The van der Waals surface area contributed by atoms with Crippen molar-refractivity contribution >= 4 is 0 Å². The van der Waals surface area contributed by atoms with Gasteiger partial charge in [-0.1, -0.05) is 5.10 Å². The first-order valence-electron chi connectivity index (χ1n) is 1.26. The molecule has 0 aliphatic rings. The standard InChI is InChI=1S/C2H2N2O.ClH/c1-2-5-4-3-1;/h1-2H;1H. The van der Waals surface area contributed by atoms with Gasteiger partial charge >= 0.3 is 0 Å². The monoisotopic (exact) mass is 106 g/mol. The maximum atomic E-state index is 4.28. The zero-order valence-electron chi connectivity index (χ0n) is 2.89. The van der Waals surface area contributed by atoms with Crippen molar-refractivity contribution in [3.05, 3.63) is 12.5 Å². The molecule has 0 aliphatic heterocycles. The van der Waals surface area contributed by atoms with Crippen LogP contribution in [0.15, 0.2) is 17.0 Å². The van der Waals surface area contributed by atoms with Crippen molar-refractivity contribution in [2.75, 3.05) is 0 Å². The van der Waals surface area contributed by atoms with E-state index in [0.717, 1.165) is 0 Å². The van der Waals surface area contributed by atoms with E-state index in [1.165, 1.54) is 6.26 Å². The predicted molar refractivity (Wildman–Crippen MR) is 13.1 cm³/mol. The molecule has 1 heterocycles. The molecule has 0 aliphatic carbocycles. The summed E-state index contributed by atoms with van der Waals surface area (Å²) < 4.78 is 4.28. The zero-order valence-corrected chi connectivity index (χ0v) is 3.64. The highest BCUT2D eigenvalue weighted by molar-refractivity contribution is 4.38. The SMILES string of the molecule is [Cl-].c1con[nH+]1. The van der Waals surface area contributed by atoms with E-state index >= 15 is 0 Å². The van der Waals surface area contributed by atoms with E-state index in [2.05, 4.69) is 14.9 Å². The first-order valence-corrected chi connectivity index (χ1v) is 1.26. The second kappa shape index (κ2) is 2.66. The molecule has 0 saturated heterocycles. The fourth-order valence-corrected chi connectivity index (χ4v) is 0.152. The van der Waals surface area contributed by atoms with E-state index in [-0.39, 0.29) is 12.4 Å². The lowest BCUT2D eigenvalue weighted by molar-refractivity contribution is -0.471. The number of hydrogen-bond donors (Lipinski definition) is 0. The van der Waals surface area contributed by atoms with Crippen molar-refractivity contribution in [1.29, 1.82) is 0 Å². The molecule has 34 valence electrons. The van der Waals surface area contributed by atoms with E-state index in [1.807, 2.05) is 0 Å². The molecule has 0 spiro atoms. The van der Waals surface area contributed by atoms with Crippen LogP contribution in [0.5, 0.6) is 0 Å². The van der Waals surface area contributed by atoms with Crippen LogP contribution in [0, 0.1) is 0 Å².